The molecule has 0 fully saturated rings. The van der Waals surface area contributed by atoms with E-state index in [4.69, 9.17) is 21.5 Å². The van der Waals surface area contributed by atoms with E-state index in [1.165, 1.54) is 18.1 Å². The standard InChI is InChI=1S/C25H27FN4O2S2/c1-14(2)13-30-15(3)21(22(27-25(30)33)16-6-9-18(34-5)10-7-16)24-28-23(29-32-24)17-8-11-20(31-4)19(26)12-17/h6-12,14,22H,13H2,1-5H3,(H,27,33). The average molecular weight is 499 g/mol. The Morgan fingerprint density at radius 1 is 1.24 bits per heavy atom. The van der Waals surface area contributed by atoms with Crippen LogP contribution in [-0.4, -0.2) is 40.1 Å². The normalized spacial score (nSPS) is 16.3. The molecule has 0 bridgehead atoms. The van der Waals surface area contributed by atoms with Crippen LogP contribution in [0.4, 0.5) is 4.39 Å². The number of allylic oxidation sites excluding steroid dienone is 1. The van der Waals surface area contributed by atoms with Gasteiger partial charge in [-0.15, -0.1) is 11.8 Å². The van der Waals surface area contributed by atoms with E-state index in [0.717, 1.165) is 23.4 Å². The molecule has 34 heavy (non-hydrogen) atoms. The highest BCUT2D eigenvalue weighted by Gasteiger charge is 2.34. The predicted molar refractivity (Wildman–Crippen MR) is 137 cm³/mol. The Morgan fingerprint density at radius 3 is 2.59 bits per heavy atom. The van der Waals surface area contributed by atoms with Crippen LogP contribution < -0.4 is 10.1 Å². The van der Waals surface area contributed by atoms with E-state index >= 15 is 0 Å². The van der Waals surface area contributed by atoms with E-state index in [1.807, 2.05) is 13.2 Å². The molecule has 0 radical (unpaired) electrons. The Balaban J connectivity index is 1.79. The minimum absolute atomic E-state index is 0.161. The number of rotatable bonds is 7. The fourth-order valence-corrected chi connectivity index (χ4v) is 4.68. The number of nitrogens with zero attached hydrogens (tertiary/aromatic N) is 3. The third-order valence-corrected chi connectivity index (χ3v) is 6.74. The molecule has 0 amide bonds. The number of halogens is 1. The van der Waals surface area contributed by atoms with Gasteiger partial charge in [0.25, 0.3) is 5.89 Å². The summed E-state index contributed by atoms with van der Waals surface area (Å²) < 4.78 is 25.0. The predicted octanol–water partition coefficient (Wildman–Crippen LogP) is 5.92. The first-order valence-electron chi connectivity index (χ1n) is 10.9. The molecule has 4 rings (SSSR count). The Bertz CT molecular complexity index is 1220. The van der Waals surface area contributed by atoms with Gasteiger partial charge in [-0.1, -0.05) is 31.1 Å². The van der Waals surface area contributed by atoms with Crippen molar-refractivity contribution in [3.05, 3.63) is 65.4 Å². The molecular formula is C25H27FN4O2S2. The van der Waals surface area contributed by atoms with E-state index in [-0.39, 0.29) is 11.8 Å². The quantitative estimate of drug-likeness (QED) is 0.318. The summed E-state index contributed by atoms with van der Waals surface area (Å²) in [6.07, 6.45) is 2.05. The van der Waals surface area contributed by atoms with Crippen LogP contribution >= 0.6 is 24.0 Å². The smallest absolute Gasteiger partial charge is 0.258 e. The Labute approximate surface area is 208 Å². The number of thiocarbonyl (C=S) groups is 1. The Kier molecular flexibility index (Phi) is 7.23. The molecule has 6 nitrogen and oxygen atoms in total. The van der Waals surface area contributed by atoms with Crippen LogP contribution in [0.5, 0.6) is 5.75 Å². The fourth-order valence-electron chi connectivity index (χ4n) is 3.95. The van der Waals surface area contributed by atoms with Crippen LogP contribution in [0.1, 0.15) is 38.3 Å². The summed E-state index contributed by atoms with van der Waals surface area (Å²) in [5.74, 6) is 0.743. The van der Waals surface area contributed by atoms with Crippen molar-refractivity contribution >= 4 is 34.7 Å². The van der Waals surface area contributed by atoms with Crippen LogP contribution in [0.15, 0.2) is 57.6 Å². The third-order valence-electron chi connectivity index (χ3n) is 5.66. The molecule has 0 saturated heterocycles. The summed E-state index contributed by atoms with van der Waals surface area (Å²) in [4.78, 5) is 7.88. The molecule has 1 aliphatic heterocycles. The number of hydrogen-bond donors (Lipinski definition) is 1. The van der Waals surface area contributed by atoms with E-state index in [0.29, 0.717) is 28.3 Å². The zero-order valence-corrected chi connectivity index (χ0v) is 21.4. The first-order chi connectivity index (χ1) is 16.3. The van der Waals surface area contributed by atoms with Crippen molar-refractivity contribution in [3.63, 3.8) is 0 Å². The number of benzene rings is 2. The number of hydrogen-bond acceptors (Lipinski definition) is 6. The number of ether oxygens (including phenoxy) is 1. The van der Waals surface area contributed by atoms with E-state index < -0.39 is 5.82 Å². The van der Waals surface area contributed by atoms with E-state index in [9.17, 15) is 4.39 Å². The molecule has 0 spiro atoms. The molecular weight excluding hydrogens is 471 g/mol. The minimum atomic E-state index is -0.485. The maximum Gasteiger partial charge on any atom is 0.258 e. The average Bonchev–Trinajstić information content (AvgIpc) is 3.31. The Morgan fingerprint density at radius 2 is 1.97 bits per heavy atom. The minimum Gasteiger partial charge on any atom is -0.494 e. The van der Waals surface area contributed by atoms with Crippen LogP contribution in [0.2, 0.25) is 0 Å². The van der Waals surface area contributed by atoms with Crippen molar-refractivity contribution in [2.24, 2.45) is 5.92 Å². The summed E-state index contributed by atoms with van der Waals surface area (Å²) >= 11 is 7.41. The van der Waals surface area contributed by atoms with Crippen molar-refractivity contribution in [1.82, 2.24) is 20.4 Å². The lowest BCUT2D eigenvalue weighted by Gasteiger charge is -2.38. The van der Waals surface area contributed by atoms with Gasteiger partial charge in [-0.2, -0.15) is 4.98 Å². The SMILES string of the molecule is COc1ccc(-c2noc(C3=C(C)N(CC(C)C)C(=S)NC3c3ccc(SC)cc3)n2)cc1F. The van der Waals surface area contributed by atoms with Gasteiger partial charge in [0.1, 0.15) is 0 Å². The van der Waals surface area contributed by atoms with Crippen molar-refractivity contribution < 1.29 is 13.7 Å². The topological polar surface area (TPSA) is 63.4 Å². The fraction of sp³-hybridized carbons (Fsp3) is 0.320. The lowest BCUT2D eigenvalue weighted by atomic mass is 9.94. The maximum atomic E-state index is 14.3. The molecule has 2 aromatic carbocycles. The summed E-state index contributed by atoms with van der Waals surface area (Å²) in [5, 5.41) is 8.27. The van der Waals surface area contributed by atoms with Gasteiger partial charge in [-0.3, -0.25) is 0 Å². The molecule has 9 heteroatoms. The van der Waals surface area contributed by atoms with Gasteiger partial charge < -0.3 is 19.5 Å². The van der Waals surface area contributed by atoms with Gasteiger partial charge >= 0.3 is 0 Å². The first kappa shape index (κ1) is 24.2. The molecule has 1 aliphatic rings. The largest absolute Gasteiger partial charge is 0.494 e. The maximum absolute atomic E-state index is 14.3. The van der Waals surface area contributed by atoms with Gasteiger partial charge in [0.05, 0.1) is 18.7 Å². The number of thioether (sulfide) groups is 1. The van der Waals surface area contributed by atoms with E-state index in [1.54, 1.807) is 23.9 Å². The van der Waals surface area contributed by atoms with Crippen molar-refractivity contribution in [3.8, 4) is 17.1 Å². The summed E-state index contributed by atoms with van der Waals surface area (Å²) in [5.41, 5.74) is 3.34. The summed E-state index contributed by atoms with van der Waals surface area (Å²) in [6, 6.07) is 12.7. The van der Waals surface area contributed by atoms with Gasteiger partial charge in [0.15, 0.2) is 16.7 Å². The highest BCUT2D eigenvalue weighted by atomic mass is 32.2. The second-order valence-electron chi connectivity index (χ2n) is 8.43. The molecule has 178 valence electrons. The third kappa shape index (κ3) is 4.81. The van der Waals surface area contributed by atoms with Crippen LogP contribution in [-0.2, 0) is 0 Å². The number of aromatic nitrogens is 2. The van der Waals surface area contributed by atoms with Crippen molar-refractivity contribution in [1.29, 1.82) is 0 Å². The zero-order valence-electron chi connectivity index (χ0n) is 19.8. The second-order valence-corrected chi connectivity index (χ2v) is 9.70. The molecule has 1 aromatic heterocycles. The monoisotopic (exact) mass is 498 g/mol. The highest BCUT2D eigenvalue weighted by Crippen LogP contribution is 2.38. The molecule has 0 aliphatic carbocycles. The van der Waals surface area contributed by atoms with Gasteiger partial charge in [0.2, 0.25) is 5.82 Å². The molecule has 1 unspecified atom stereocenters. The summed E-state index contributed by atoms with van der Waals surface area (Å²) in [6.45, 7) is 7.06. The molecule has 3 aromatic rings. The van der Waals surface area contributed by atoms with Gasteiger partial charge in [-0.25, -0.2) is 4.39 Å². The van der Waals surface area contributed by atoms with Gasteiger partial charge in [0, 0.05) is 22.7 Å². The van der Waals surface area contributed by atoms with Crippen LogP contribution in [0, 0.1) is 11.7 Å². The molecule has 0 saturated carbocycles. The lowest BCUT2D eigenvalue weighted by Crippen LogP contribution is -2.47. The van der Waals surface area contributed by atoms with Crippen LogP contribution in [0.25, 0.3) is 17.0 Å². The van der Waals surface area contributed by atoms with Crippen molar-refractivity contribution in [2.75, 3.05) is 19.9 Å². The zero-order chi connectivity index (χ0) is 24.4. The van der Waals surface area contributed by atoms with Crippen molar-refractivity contribution in [2.45, 2.75) is 31.7 Å². The Hall–Kier alpha value is -2.91. The molecule has 1 N–H and O–H groups in total. The van der Waals surface area contributed by atoms with Gasteiger partial charge in [-0.05, 0) is 67.2 Å². The lowest BCUT2D eigenvalue weighted by molar-refractivity contribution is 0.385. The second kappa shape index (κ2) is 10.1. The summed E-state index contributed by atoms with van der Waals surface area (Å²) in [7, 11) is 1.43. The highest BCUT2D eigenvalue weighted by molar-refractivity contribution is 7.98. The van der Waals surface area contributed by atoms with Crippen LogP contribution in [0.3, 0.4) is 0 Å². The number of methoxy groups -OCH3 is 1. The number of nitrogens with one attached hydrogen (secondary N) is 1. The molecule has 1 atom stereocenters. The first-order valence-corrected chi connectivity index (χ1v) is 12.6. The van der Waals surface area contributed by atoms with E-state index in [2.05, 4.69) is 58.5 Å². The molecule has 2 heterocycles.